The van der Waals surface area contributed by atoms with Crippen molar-refractivity contribution in [3.05, 3.63) is 58.7 Å². The van der Waals surface area contributed by atoms with Gasteiger partial charge in [0, 0.05) is 37.1 Å². The lowest BCUT2D eigenvalue weighted by atomic mass is 10.0. The predicted molar refractivity (Wildman–Crippen MR) is 112 cm³/mol. The zero-order chi connectivity index (χ0) is 21.4. The maximum atomic E-state index is 13.4. The first-order chi connectivity index (χ1) is 14.4. The fourth-order valence-corrected chi connectivity index (χ4v) is 4.18. The first kappa shape index (κ1) is 20.2. The molecule has 1 aliphatic heterocycles. The second kappa shape index (κ2) is 7.95. The molecule has 2 aromatic heterocycles. The number of aromatic nitrogens is 4. The van der Waals surface area contributed by atoms with E-state index in [4.69, 9.17) is 14.6 Å². The van der Waals surface area contributed by atoms with Crippen LogP contribution < -0.4 is 4.74 Å². The predicted octanol–water partition coefficient (Wildman–Crippen LogP) is 2.75. The van der Waals surface area contributed by atoms with Crippen molar-refractivity contribution in [2.75, 3.05) is 26.9 Å². The van der Waals surface area contributed by atoms with Gasteiger partial charge in [-0.05, 0) is 32.9 Å². The van der Waals surface area contributed by atoms with Gasteiger partial charge in [-0.15, -0.1) is 0 Å². The normalized spacial score (nSPS) is 16.7. The van der Waals surface area contributed by atoms with Crippen LogP contribution in [-0.4, -0.2) is 57.2 Å². The maximum Gasteiger partial charge on any atom is 0.257 e. The van der Waals surface area contributed by atoms with Crippen molar-refractivity contribution < 1.29 is 14.3 Å². The lowest BCUT2D eigenvalue weighted by Crippen LogP contribution is -2.44. The fraction of sp³-hybridized carbons (Fsp3) is 0.409. The standard InChI is InChI=1S/C22H27N5O3/c1-14-19(12-25(4)23-14)22(28)26-9-10-30-13-20(26)21-15(2)24-27(16(21)3)17-7-6-8-18(11-17)29-5/h6-8,11-12,20H,9-10,13H2,1-5H3. The number of methoxy groups -OCH3 is 1. The number of hydrogen-bond donors (Lipinski definition) is 0. The third kappa shape index (κ3) is 3.47. The van der Waals surface area contributed by atoms with Crippen LogP contribution in [0.15, 0.2) is 30.5 Å². The van der Waals surface area contributed by atoms with Crippen LogP contribution >= 0.6 is 0 Å². The molecular formula is C22H27N5O3. The molecule has 30 heavy (non-hydrogen) atoms. The smallest absolute Gasteiger partial charge is 0.257 e. The van der Waals surface area contributed by atoms with Gasteiger partial charge >= 0.3 is 0 Å². The summed E-state index contributed by atoms with van der Waals surface area (Å²) < 4.78 is 14.7. The van der Waals surface area contributed by atoms with E-state index >= 15 is 0 Å². The van der Waals surface area contributed by atoms with E-state index in [-0.39, 0.29) is 11.9 Å². The minimum Gasteiger partial charge on any atom is -0.497 e. The Hall–Kier alpha value is -3.13. The molecule has 1 aromatic carbocycles. The second-order valence-electron chi connectivity index (χ2n) is 7.59. The van der Waals surface area contributed by atoms with Crippen molar-refractivity contribution in [2.24, 2.45) is 7.05 Å². The lowest BCUT2D eigenvalue weighted by Gasteiger charge is -2.36. The summed E-state index contributed by atoms with van der Waals surface area (Å²) in [6, 6.07) is 7.58. The maximum absolute atomic E-state index is 13.4. The zero-order valence-electron chi connectivity index (χ0n) is 18.0. The minimum atomic E-state index is -0.204. The van der Waals surface area contributed by atoms with Crippen LogP contribution in [0.3, 0.4) is 0 Å². The molecule has 0 spiro atoms. The highest BCUT2D eigenvalue weighted by Gasteiger charge is 2.34. The van der Waals surface area contributed by atoms with Gasteiger partial charge in [-0.3, -0.25) is 9.48 Å². The summed E-state index contributed by atoms with van der Waals surface area (Å²) in [6.07, 6.45) is 1.78. The molecule has 0 bridgehead atoms. The molecule has 3 aromatic rings. The molecule has 8 heteroatoms. The summed E-state index contributed by atoms with van der Waals surface area (Å²) in [4.78, 5) is 15.3. The molecule has 0 saturated carbocycles. The Kier molecular flexibility index (Phi) is 5.34. The number of nitrogens with zero attached hydrogens (tertiary/aromatic N) is 5. The van der Waals surface area contributed by atoms with Crippen molar-refractivity contribution >= 4 is 5.91 Å². The molecule has 1 amide bonds. The molecule has 0 aliphatic carbocycles. The molecule has 8 nitrogen and oxygen atoms in total. The summed E-state index contributed by atoms with van der Waals surface area (Å²) in [6.45, 7) is 7.36. The molecule has 4 rings (SSSR count). The molecule has 1 saturated heterocycles. The number of morpholine rings is 1. The third-order valence-electron chi connectivity index (χ3n) is 5.61. The van der Waals surface area contributed by atoms with Crippen LogP contribution in [0.2, 0.25) is 0 Å². The van der Waals surface area contributed by atoms with Gasteiger partial charge in [-0.1, -0.05) is 6.07 Å². The van der Waals surface area contributed by atoms with Gasteiger partial charge in [0.15, 0.2) is 0 Å². The number of hydrogen-bond acceptors (Lipinski definition) is 5. The molecule has 1 fully saturated rings. The number of benzene rings is 1. The minimum absolute atomic E-state index is 0.0261. The number of ether oxygens (including phenoxy) is 2. The van der Waals surface area contributed by atoms with Gasteiger partial charge < -0.3 is 14.4 Å². The van der Waals surface area contributed by atoms with Crippen LogP contribution in [0.25, 0.3) is 5.69 Å². The number of carbonyl (C=O) groups excluding carboxylic acids is 1. The van der Waals surface area contributed by atoms with E-state index in [2.05, 4.69) is 5.10 Å². The van der Waals surface area contributed by atoms with E-state index in [1.807, 2.05) is 61.7 Å². The molecule has 158 valence electrons. The van der Waals surface area contributed by atoms with Crippen molar-refractivity contribution in [1.82, 2.24) is 24.5 Å². The Morgan fingerprint density at radius 1 is 1.20 bits per heavy atom. The van der Waals surface area contributed by atoms with E-state index in [9.17, 15) is 4.79 Å². The molecule has 3 heterocycles. The van der Waals surface area contributed by atoms with Gasteiger partial charge in [0.25, 0.3) is 5.91 Å². The summed E-state index contributed by atoms with van der Waals surface area (Å²) in [5.74, 6) is 0.744. The topological polar surface area (TPSA) is 74.4 Å². The highest BCUT2D eigenvalue weighted by molar-refractivity contribution is 5.95. The van der Waals surface area contributed by atoms with E-state index in [1.54, 1.807) is 18.0 Å². The average molecular weight is 409 g/mol. The van der Waals surface area contributed by atoms with E-state index in [1.165, 1.54) is 0 Å². The van der Waals surface area contributed by atoms with Gasteiger partial charge in [0.1, 0.15) is 5.75 Å². The molecule has 0 N–H and O–H groups in total. The Morgan fingerprint density at radius 2 is 2.00 bits per heavy atom. The molecule has 1 unspecified atom stereocenters. The largest absolute Gasteiger partial charge is 0.497 e. The fourth-order valence-electron chi connectivity index (χ4n) is 4.18. The summed E-state index contributed by atoms with van der Waals surface area (Å²) in [5, 5.41) is 9.10. The SMILES string of the molecule is COc1cccc(-n2nc(C)c(C3COCCN3C(=O)c3cn(C)nc3C)c2C)c1. The lowest BCUT2D eigenvalue weighted by molar-refractivity contribution is -0.00308. The summed E-state index contributed by atoms with van der Waals surface area (Å²) >= 11 is 0. The second-order valence-corrected chi connectivity index (χ2v) is 7.59. The van der Waals surface area contributed by atoms with Crippen molar-refractivity contribution in [1.29, 1.82) is 0 Å². The van der Waals surface area contributed by atoms with Gasteiger partial charge in [0.05, 0.1) is 49.0 Å². The Bertz CT molecular complexity index is 1080. The molecule has 1 atom stereocenters. The first-order valence-corrected chi connectivity index (χ1v) is 10.00. The molecule has 0 radical (unpaired) electrons. The van der Waals surface area contributed by atoms with Crippen molar-refractivity contribution in [3.8, 4) is 11.4 Å². The third-order valence-corrected chi connectivity index (χ3v) is 5.61. The quantitative estimate of drug-likeness (QED) is 0.662. The van der Waals surface area contributed by atoms with Crippen LogP contribution in [0.5, 0.6) is 5.75 Å². The molecular weight excluding hydrogens is 382 g/mol. The van der Waals surface area contributed by atoms with Crippen LogP contribution in [0.4, 0.5) is 0 Å². The van der Waals surface area contributed by atoms with E-state index < -0.39 is 0 Å². The van der Waals surface area contributed by atoms with Crippen LogP contribution in [0.1, 0.15) is 39.0 Å². The van der Waals surface area contributed by atoms with E-state index in [0.717, 1.165) is 34.1 Å². The summed E-state index contributed by atoms with van der Waals surface area (Å²) in [7, 11) is 3.47. The van der Waals surface area contributed by atoms with Crippen LogP contribution in [0, 0.1) is 20.8 Å². The average Bonchev–Trinajstić information content (AvgIpc) is 3.24. The molecule has 1 aliphatic rings. The number of amides is 1. The highest BCUT2D eigenvalue weighted by Crippen LogP contribution is 2.32. The van der Waals surface area contributed by atoms with Crippen LogP contribution in [-0.2, 0) is 11.8 Å². The monoisotopic (exact) mass is 409 g/mol. The highest BCUT2D eigenvalue weighted by atomic mass is 16.5. The Labute approximate surface area is 176 Å². The number of rotatable bonds is 4. The number of aryl methyl sites for hydroxylation is 3. The summed E-state index contributed by atoms with van der Waals surface area (Å²) in [5.41, 5.74) is 5.16. The van der Waals surface area contributed by atoms with E-state index in [0.29, 0.717) is 25.3 Å². The van der Waals surface area contributed by atoms with Gasteiger partial charge in [-0.25, -0.2) is 4.68 Å². The van der Waals surface area contributed by atoms with Gasteiger partial charge in [-0.2, -0.15) is 10.2 Å². The number of carbonyl (C=O) groups is 1. The van der Waals surface area contributed by atoms with Crippen molar-refractivity contribution in [2.45, 2.75) is 26.8 Å². The Morgan fingerprint density at radius 3 is 2.70 bits per heavy atom. The first-order valence-electron chi connectivity index (χ1n) is 10.00. The zero-order valence-corrected chi connectivity index (χ0v) is 18.0. The van der Waals surface area contributed by atoms with Crippen molar-refractivity contribution in [3.63, 3.8) is 0 Å². The van der Waals surface area contributed by atoms with Gasteiger partial charge in [0.2, 0.25) is 0 Å². The Balaban J connectivity index is 1.73.